The fraction of sp³-hybridized carbons (Fsp3) is 0.250. The second-order valence-electron chi connectivity index (χ2n) is 6.24. The number of rotatable bonds is 6. The second kappa shape index (κ2) is 7.80. The Balaban J connectivity index is 1.76. The molecular formula is C20H19ClN2O4. The van der Waals surface area contributed by atoms with Gasteiger partial charge in [0.05, 0.1) is 28.6 Å². The number of halogens is 1. The van der Waals surface area contributed by atoms with Crippen molar-refractivity contribution >= 4 is 40.8 Å². The van der Waals surface area contributed by atoms with Gasteiger partial charge in [-0.25, -0.2) is 4.79 Å². The molecule has 0 aromatic heterocycles. The molecule has 2 aromatic rings. The van der Waals surface area contributed by atoms with Crippen LogP contribution in [-0.2, 0) is 14.3 Å². The normalized spacial score (nSPS) is 14.1. The number of anilines is 2. The third kappa shape index (κ3) is 3.95. The molecule has 0 heterocycles. The minimum atomic E-state index is -1.17. The fourth-order valence-corrected chi connectivity index (χ4v) is 2.89. The predicted octanol–water partition coefficient (Wildman–Crippen LogP) is 3.87. The van der Waals surface area contributed by atoms with E-state index in [2.05, 4.69) is 10.6 Å². The Morgan fingerprint density at radius 3 is 2.11 bits per heavy atom. The minimum absolute atomic E-state index is 0.227. The van der Waals surface area contributed by atoms with Gasteiger partial charge in [0.25, 0.3) is 0 Å². The lowest BCUT2D eigenvalue weighted by molar-refractivity contribution is -0.131. The van der Waals surface area contributed by atoms with Crippen molar-refractivity contribution in [2.45, 2.75) is 19.8 Å². The van der Waals surface area contributed by atoms with Crippen LogP contribution in [0.4, 0.5) is 11.4 Å². The summed E-state index contributed by atoms with van der Waals surface area (Å²) in [6, 6.07) is 13.4. The first-order valence-electron chi connectivity index (χ1n) is 8.61. The molecule has 2 amide bonds. The van der Waals surface area contributed by atoms with E-state index >= 15 is 0 Å². The zero-order chi connectivity index (χ0) is 19.4. The van der Waals surface area contributed by atoms with Crippen LogP contribution in [0.3, 0.4) is 0 Å². The van der Waals surface area contributed by atoms with E-state index in [-0.39, 0.29) is 12.2 Å². The summed E-state index contributed by atoms with van der Waals surface area (Å²) in [6.45, 7) is 1.93. The van der Waals surface area contributed by atoms with E-state index in [1.807, 2.05) is 0 Å². The predicted molar refractivity (Wildman–Crippen MR) is 103 cm³/mol. The molecule has 3 rings (SSSR count). The van der Waals surface area contributed by atoms with Crippen LogP contribution in [-0.4, -0.2) is 24.4 Å². The highest BCUT2D eigenvalue weighted by Crippen LogP contribution is 2.48. The standard InChI is InChI=1S/C20H19ClN2O4/c1-2-27-17(24)13-7-3-5-9-15(13)22-18(25)20(11-12-20)19(26)23-16-10-6-4-8-14(16)21/h3-10H,2,11-12H2,1H3,(H,22,25)(H,23,26). The van der Waals surface area contributed by atoms with Crippen molar-refractivity contribution in [2.75, 3.05) is 17.2 Å². The molecule has 7 heteroatoms. The summed E-state index contributed by atoms with van der Waals surface area (Å²) < 4.78 is 5.01. The van der Waals surface area contributed by atoms with Crippen LogP contribution >= 0.6 is 11.6 Å². The largest absolute Gasteiger partial charge is 0.462 e. The Labute approximate surface area is 161 Å². The summed E-state index contributed by atoms with van der Waals surface area (Å²) in [7, 11) is 0. The van der Waals surface area contributed by atoms with E-state index < -0.39 is 23.2 Å². The smallest absolute Gasteiger partial charge is 0.340 e. The molecule has 140 valence electrons. The Morgan fingerprint density at radius 1 is 0.963 bits per heavy atom. The average Bonchev–Trinajstić information content (AvgIpc) is 3.46. The second-order valence-corrected chi connectivity index (χ2v) is 6.64. The molecule has 1 fully saturated rings. The highest BCUT2D eigenvalue weighted by Gasteiger charge is 2.56. The summed E-state index contributed by atoms with van der Waals surface area (Å²) in [6.07, 6.45) is 0.855. The third-order valence-corrected chi connectivity index (χ3v) is 4.74. The number of esters is 1. The topological polar surface area (TPSA) is 84.5 Å². The first-order chi connectivity index (χ1) is 13.0. The molecule has 0 aliphatic heterocycles. The van der Waals surface area contributed by atoms with Crippen LogP contribution in [0.1, 0.15) is 30.1 Å². The first-order valence-corrected chi connectivity index (χ1v) is 8.99. The monoisotopic (exact) mass is 386 g/mol. The molecule has 0 bridgehead atoms. The summed E-state index contributed by atoms with van der Waals surface area (Å²) in [5.41, 5.74) is -0.149. The molecule has 1 saturated carbocycles. The molecule has 0 unspecified atom stereocenters. The van der Waals surface area contributed by atoms with Gasteiger partial charge in [-0.2, -0.15) is 0 Å². The van der Waals surface area contributed by atoms with Gasteiger partial charge in [-0.15, -0.1) is 0 Å². The van der Waals surface area contributed by atoms with Crippen LogP contribution in [0.15, 0.2) is 48.5 Å². The maximum Gasteiger partial charge on any atom is 0.340 e. The lowest BCUT2D eigenvalue weighted by Gasteiger charge is -2.17. The van der Waals surface area contributed by atoms with E-state index in [1.54, 1.807) is 55.5 Å². The summed E-state index contributed by atoms with van der Waals surface area (Å²) in [5.74, 6) is -1.40. The van der Waals surface area contributed by atoms with Crippen LogP contribution in [0.2, 0.25) is 5.02 Å². The van der Waals surface area contributed by atoms with Crippen molar-refractivity contribution in [3.05, 3.63) is 59.1 Å². The Hall–Kier alpha value is -2.86. The van der Waals surface area contributed by atoms with E-state index in [0.29, 0.717) is 29.2 Å². The van der Waals surface area contributed by atoms with Gasteiger partial charge in [-0.05, 0) is 44.0 Å². The van der Waals surface area contributed by atoms with Gasteiger partial charge in [0.2, 0.25) is 11.8 Å². The number of hydrogen-bond donors (Lipinski definition) is 2. The highest BCUT2D eigenvalue weighted by atomic mass is 35.5. The molecule has 2 aromatic carbocycles. The Bertz CT molecular complexity index is 893. The van der Waals surface area contributed by atoms with E-state index in [0.717, 1.165) is 0 Å². The molecule has 2 N–H and O–H groups in total. The van der Waals surface area contributed by atoms with Gasteiger partial charge in [0.15, 0.2) is 0 Å². The zero-order valence-electron chi connectivity index (χ0n) is 14.8. The SMILES string of the molecule is CCOC(=O)c1ccccc1NC(=O)C1(C(=O)Nc2ccccc2Cl)CC1. The van der Waals surface area contributed by atoms with Crippen molar-refractivity contribution in [2.24, 2.45) is 5.41 Å². The van der Waals surface area contributed by atoms with E-state index in [9.17, 15) is 14.4 Å². The summed E-state index contributed by atoms with van der Waals surface area (Å²) in [4.78, 5) is 37.5. The maximum absolute atomic E-state index is 12.8. The molecule has 27 heavy (non-hydrogen) atoms. The van der Waals surface area contributed by atoms with Crippen molar-refractivity contribution in [3.63, 3.8) is 0 Å². The number of amides is 2. The lowest BCUT2D eigenvalue weighted by Crippen LogP contribution is -2.36. The summed E-state index contributed by atoms with van der Waals surface area (Å²) in [5, 5.41) is 5.81. The molecule has 1 aliphatic rings. The van der Waals surface area contributed by atoms with Gasteiger partial charge in [-0.3, -0.25) is 9.59 Å². The average molecular weight is 387 g/mol. The number of ether oxygens (including phenoxy) is 1. The molecule has 0 spiro atoms. The highest BCUT2D eigenvalue weighted by molar-refractivity contribution is 6.34. The van der Waals surface area contributed by atoms with E-state index in [1.165, 1.54) is 0 Å². The van der Waals surface area contributed by atoms with E-state index in [4.69, 9.17) is 16.3 Å². The number of benzene rings is 2. The first kappa shape index (κ1) is 18.9. The zero-order valence-corrected chi connectivity index (χ0v) is 15.5. The number of carbonyl (C=O) groups excluding carboxylic acids is 3. The molecule has 1 aliphatic carbocycles. The van der Waals surface area contributed by atoms with Gasteiger partial charge in [-0.1, -0.05) is 35.9 Å². The fourth-order valence-electron chi connectivity index (χ4n) is 2.71. The minimum Gasteiger partial charge on any atom is -0.462 e. The maximum atomic E-state index is 12.8. The van der Waals surface area contributed by atoms with Gasteiger partial charge in [0, 0.05) is 0 Å². The number of nitrogens with one attached hydrogen (secondary N) is 2. The number of carbonyl (C=O) groups is 3. The molecule has 0 atom stereocenters. The van der Waals surface area contributed by atoms with Crippen molar-refractivity contribution in [3.8, 4) is 0 Å². The van der Waals surface area contributed by atoms with Crippen LogP contribution < -0.4 is 10.6 Å². The molecule has 0 radical (unpaired) electrons. The van der Waals surface area contributed by atoms with Gasteiger partial charge >= 0.3 is 5.97 Å². The summed E-state index contributed by atoms with van der Waals surface area (Å²) >= 11 is 6.07. The Kier molecular flexibility index (Phi) is 5.46. The van der Waals surface area contributed by atoms with Crippen LogP contribution in [0, 0.1) is 5.41 Å². The Morgan fingerprint density at radius 2 is 1.52 bits per heavy atom. The third-order valence-electron chi connectivity index (χ3n) is 4.41. The van der Waals surface area contributed by atoms with Crippen LogP contribution in [0.5, 0.6) is 0 Å². The lowest BCUT2D eigenvalue weighted by atomic mass is 10.0. The van der Waals surface area contributed by atoms with Crippen molar-refractivity contribution in [1.82, 2.24) is 0 Å². The quantitative estimate of drug-likeness (QED) is 0.583. The van der Waals surface area contributed by atoms with Gasteiger partial charge < -0.3 is 15.4 Å². The number of hydrogen-bond acceptors (Lipinski definition) is 4. The molecular weight excluding hydrogens is 368 g/mol. The van der Waals surface area contributed by atoms with Gasteiger partial charge in [0.1, 0.15) is 5.41 Å². The van der Waals surface area contributed by atoms with Crippen molar-refractivity contribution in [1.29, 1.82) is 0 Å². The molecule has 6 nitrogen and oxygen atoms in total. The molecule has 0 saturated heterocycles. The van der Waals surface area contributed by atoms with Crippen LogP contribution in [0.25, 0.3) is 0 Å². The number of para-hydroxylation sites is 2. The van der Waals surface area contributed by atoms with Crippen molar-refractivity contribution < 1.29 is 19.1 Å².